The van der Waals surface area contributed by atoms with Gasteiger partial charge in [0.2, 0.25) is 5.91 Å². The number of aliphatic hydroxyl groups excluding tert-OH is 1. The number of hydrogen-bond donors (Lipinski definition) is 3. The van der Waals surface area contributed by atoms with Crippen molar-refractivity contribution in [2.45, 2.75) is 25.8 Å². The molecule has 1 heterocycles. The van der Waals surface area contributed by atoms with E-state index >= 15 is 0 Å². The molecule has 0 bridgehead atoms. The number of hydrogen-bond acceptors (Lipinski definition) is 4. The molecule has 1 rings (SSSR count). The predicted octanol–water partition coefficient (Wildman–Crippen LogP) is -0.191. The van der Waals surface area contributed by atoms with Crippen LogP contribution in [-0.2, 0) is 4.79 Å². The van der Waals surface area contributed by atoms with Gasteiger partial charge in [-0.25, -0.2) is 4.98 Å². The van der Waals surface area contributed by atoms with E-state index in [-0.39, 0.29) is 12.3 Å². The van der Waals surface area contributed by atoms with E-state index in [2.05, 4.69) is 22.1 Å². The summed E-state index contributed by atoms with van der Waals surface area (Å²) >= 11 is 0. The fourth-order valence-corrected chi connectivity index (χ4v) is 1.23. The SMILES string of the molecule is CC(C)(NC(=O)c1ccc(C#CCCO)cn1)C(N)=O. The maximum absolute atomic E-state index is 11.9. The van der Waals surface area contributed by atoms with E-state index in [0.29, 0.717) is 12.0 Å². The van der Waals surface area contributed by atoms with E-state index in [1.165, 1.54) is 26.1 Å². The standard InChI is InChI=1S/C14H17N3O3/c1-14(2,13(15)20)17-12(19)11-7-6-10(9-16-11)5-3-4-8-18/h6-7,9,18H,4,8H2,1-2H3,(H2,15,20)(H,17,19). The van der Waals surface area contributed by atoms with Gasteiger partial charge in [0.25, 0.3) is 5.91 Å². The summed E-state index contributed by atoms with van der Waals surface area (Å²) in [5.74, 6) is 4.44. The van der Waals surface area contributed by atoms with Crippen LogP contribution in [0.1, 0.15) is 36.3 Å². The lowest BCUT2D eigenvalue weighted by molar-refractivity contribution is -0.122. The van der Waals surface area contributed by atoms with Crippen molar-refractivity contribution in [1.82, 2.24) is 10.3 Å². The van der Waals surface area contributed by atoms with Gasteiger partial charge in [0.1, 0.15) is 11.2 Å². The summed E-state index contributed by atoms with van der Waals surface area (Å²) in [5, 5.41) is 11.1. The molecule has 0 unspecified atom stereocenters. The Balaban J connectivity index is 2.77. The Bertz CT molecular complexity index is 553. The van der Waals surface area contributed by atoms with Crippen LogP contribution in [0.3, 0.4) is 0 Å². The van der Waals surface area contributed by atoms with Crippen LogP contribution in [0.4, 0.5) is 0 Å². The van der Waals surface area contributed by atoms with Gasteiger partial charge >= 0.3 is 0 Å². The smallest absolute Gasteiger partial charge is 0.270 e. The Kier molecular flexibility index (Phi) is 5.23. The van der Waals surface area contributed by atoms with Gasteiger partial charge < -0.3 is 16.2 Å². The van der Waals surface area contributed by atoms with Crippen molar-refractivity contribution in [2.75, 3.05) is 6.61 Å². The molecule has 0 spiro atoms. The molecule has 106 valence electrons. The van der Waals surface area contributed by atoms with Crippen LogP contribution in [0.25, 0.3) is 0 Å². The van der Waals surface area contributed by atoms with E-state index < -0.39 is 17.4 Å². The van der Waals surface area contributed by atoms with Crippen molar-refractivity contribution in [2.24, 2.45) is 5.73 Å². The van der Waals surface area contributed by atoms with Gasteiger partial charge in [-0.3, -0.25) is 9.59 Å². The predicted molar refractivity (Wildman–Crippen MR) is 73.6 cm³/mol. The molecule has 0 atom stereocenters. The third-order valence-electron chi connectivity index (χ3n) is 2.51. The van der Waals surface area contributed by atoms with E-state index in [0.717, 1.165) is 0 Å². The third kappa shape index (κ3) is 4.37. The van der Waals surface area contributed by atoms with Gasteiger partial charge in [-0.15, -0.1) is 0 Å². The lowest BCUT2D eigenvalue weighted by Gasteiger charge is -2.21. The number of nitrogens with zero attached hydrogens (tertiary/aromatic N) is 1. The highest BCUT2D eigenvalue weighted by Gasteiger charge is 2.27. The Morgan fingerprint density at radius 2 is 2.15 bits per heavy atom. The van der Waals surface area contributed by atoms with Crippen LogP contribution in [0, 0.1) is 11.8 Å². The molecule has 20 heavy (non-hydrogen) atoms. The molecular weight excluding hydrogens is 258 g/mol. The lowest BCUT2D eigenvalue weighted by Crippen LogP contribution is -2.53. The second-order valence-corrected chi connectivity index (χ2v) is 4.65. The van der Waals surface area contributed by atoms with E-state index in [9.17, 15) is 9.59 Å². The molecule has 0 aliphatic heterocycles. The Morgan fingerprint density at radius 3 is 2.65 bits per heavy atom. The van der Waals surface area contributed by atoms with Crippen LogP contribution < -0.4 is 11.1 Å². The molecule has 0 aliphatic carbocycles. The minimum Gasteiger partial charge on any atom is -0.395 e. The Morgan fingerprint density at radius 1 is 1.45 bits per heavy atom. The zero-order valence-electron chi connectivity index (χ0n) is 11.4. The van der Waals surface area contributed by atoms with Crippen molar-refractivity contribution in [3.63, 3.8) is 0 Å². The second kappa shape index (κ2) is 6.68. The number of nitrogens with one attached hydrogen (secondary N) is 1. The summed E-state index contributed by atoms with van der Waals surface area (Å²) in [5.41, 5.74) is 4.85. The second-order valence-electron chi connectivity index (χ2n) is 4.65. The van der Waals surface area contributed by atoms with E-state index in [1.807, 2.05) is 0 Å². The number of amides is 2. The number of nitrogens with two attached hydrogens (primary N) is 1. The van der Waals surface area contributed by atoms with Crippen molar-refractivity contribution in [1.29, 1.82) is 0 Å². The van der Waals surface area contributed by atoms with Crippen molar-refractivity contribution in [3.8, 4) is 11.8 Å². The fourth-order valence-electron chi connectivity index (χ4n) is 1.23. The van der Waals surface area contributed by atoms with Crippen LogP contribution in [0.2, 0.25) is 0 Å². The molecule has 0 saturated carbocycles. The molecule has 0 radical (unpaired) electrons. The van der Waals surface area contributed by atoms with Gasteiger partial charge in [-0.2, -0.15) is 0 Å². The van der Waals surface area contributed by atoms with Gasteiger partial charge in [-0.1, -0.05) is 11.8 Å². The molecule has 0 aromatic carbocycles. The van der Waals surface area contributed by atoms with Crippen LogP contribution >= 0.6 is 0 Å². The molecule has 6 heteroatoms. The van der Waals surface area contributed by atoms with Gasteiger partial charge in [0.15, 0.2) is 0 Å². The first-order valence-corrected chi connectivity index (χ1v) is 6.05. The maximum atomic E-state index is 11.9. The topological polar surface area (TPSA) is 105 Å². The number of pyridine rings is 1. The van der Waals surface area contributed by atoms with Gasteiger partial charge in [0, 0.05) is 18.2 Å². The molecule has 0 aliphatic rings. The summed E-state index contributed by atoms with van der Waals surface area (Å²) in [6, 6.07) is 3.15. The molecule has 2 amide bonds. The lowest BCUT2D eigenvalue weighted by atomic mass is 10.0. The molecular formula is C14H17N3O3. The quantitative estimate of drug-likeness (QED) is 0.662. The summed E-state index contributed by atoms with van der Waals surface area (Å²) in [6.45, 7) is 3.03. The third-order valence-corrected chi connectivity index (χ3v) is 2.51. The van der Waals surface area contributed by atoms with Crippen molar-refractivity contribution in [3.05, 3.63) is 29.6 Å². The molecule has 0 saturated heterocycles. The van der Waals surface area contributed by atoms with E-state index in [1.54, 1.807) is 6.07 Å². The summed E-state index contributed by atoms with van der Waals surface area (Å²) in [6.07, 6.45) is 1.84. The zero-order valence-corrected chi connectivity index (χ0v) is 11.4. The molecule has 0 fully saturated rings. The number of aliphatic hydroxyl groups is 1. The number of carbonyl (C=O) groups excluding carboxylic acids is 2. The maximum Gasteiger partial charge on any atom is 0.270 e. The zero-order chi connectivity index (χ0) is 15.2. The molecule has 1 aromatic heterocycles. The molecule has 1 aromatic rings. The van der Waals surface area contributed by atoms with Crippen LogP contribution in [-0.4, -0.2) is 34.1 Å². The largest absolute Gasteiger partial charge is 0.395 e. The summed E-state index contributed by atoms with van der Waals surface area (Å²) in [7, 11) is 0. The summed E-state index contributed by atoms with van der Waals surface area (Å²) < 4.78 is 0. The Hall–Kier alpha value is -2.39. The fraction of sp³-hybridized carbons (Fsp3) is 0.357. The average Bonchev–Trinajstić information content (AvgIpc) is 2.39. The number of rotatable bonds is 4. The monoisotopic (exact) mass is 275 g/mol. The van der Waals surface area contributed by atoms with Crippen LogP contribution in [0.5, 0.6) is 0 Å². The first kappa shape index (κ1) is 15.7. The average molecular weight is 275 g/mol. The minimum absolute atomic E-state index is 0.00309. The molecule has 6 nitrogen and oxygen atoms in total. The number of primary amides is 1. The number of aromatic nitrogens is 1. The van der Waals surface area contributed by atoms with Crippen LogP contribution in [0.15, 0.2) is 18.3 Å². The highest BCUT2D eigenvalue weighted by atomic mass is 16.2. The van der Waals surface area contributed by atoms with Gasteiger partial charge in [0.05, 0.1) is 6.61 Å². The van der Waals surface area contributed by atoms with Crippen molar-refractivity contribution < 1.29 is 14.7 Å². The van der Waals surface area contributed by atoms with Gasteiger partial charge in [-0.05, 0) is 26.0 Å². The number of carbonyl (C=O) groups is 2. The van der Waals surface area contributed by atoms with Crippen molar-refractivity contribution >= 4 is 11.8 Å². The minimum atomic E-state index is -1.14. The summed E-state index contributed by atoms with van der Waals surface area (Å²) in [4.78, 5) is 27.0. The highest BCUT2D eigenvalue weighted by Crippen LogP contribution is 2.04. The highest BCUT2D eigenvalue weighted by molar-refractivity contribution is 5.97. The first-order valence-electron chi connectivity index (χ1n) is 6.05. The first-order chi connectivity index (χ1) is 9.36. The Labute approximate surface area is 117 Å². The van der Waals surface area contributed by atoms with E-state index in [4.69, 9.17) is 10.8 Å². The normalized spacial score (nSPS) is 10.3. The molecule has 4 N–H and O–H groups in total.